The van der Waals surface area contributed by atoms with Crippen LogP contribution < -0.4 is 5.32 Å². The fraction of sp³-hybridized carbons (Fsp3) is 0.400. The van der Waals surface area contributed by atoms with E-state index in [-0.39, 0.29) is 17.9 Å². The molecule has 0 aliphatic carbocycles. The molecule has 1 fully saturated rings. The predicted molar refractivity (Wildman–Crippen MR) is 139 cm³/mol. The normalized spacial score (nSPS) is 15.4. The van der Waals surface area contributed by atoms with Crippen molar-refractivity contribution in [1.82, 2.24) is 19.8 Å². The number of anilines is 1. The number of rotatable bonds is 8. The van der Waals surface area contributed by atoms with Crippen molar-refractivity contribution in [3.8, 4) is 0 Å². The van der Waals surface area contributed by atoms with Crippen LogP contribution in [0.4, 0.5) is 5.13 Å². The Labute approximate surface area is 213 Å². The quantitative estimate of drug-likeness (QED) is 0.447. The lowest BCUT2D eigenvalue weighted by molar-refractivity contribution is 0.102. The summed E-state index contributed by atoms with van der Waals surface area (Å²) in [6, 6.07) is 12.0. The Morgan fingerprint density at radius 2 is 1.82 bits per heavy atom. The number of carbonyl (C=O) groups excluding carboxylic acids is 1. The van der Waals surface area contributed by atoms with Crippen molar-refractivity contribution in [2.45, 2.75) is 25.8 Å². The Hall–Kier alpha value is -2.17. The van der Waals surface area contributed by atoms with Crippen molar-refractivity contribution in [1.29, 1.82) is 0 Å². The molecule has 1 aliphatic rings. The van der Waals surface area contributed by atoms with Gasteiger partial charge in [-0.15, -0.1) is 11.3 Å². The van der Waals surface area contributed by atoms with Gasteiger partial charge in [-0.1, -0.05) is 41.9 Å². The first kappa shape index (κ1) is 24.9. The number of β-amino-alcohol motifs (C(OH)–C–C–N with tert-alkyl or cyclic N) is 1. The van der Waals surface area contributed by atoms with Gasteiger partial charge >= 0.3 is 0 Å². The Kier molecular flexibility index (Phi) is 8.10. The number of aliphatic hydroxyl groups excluding tert-OH is 1. The summed E-state index contributed by atoms with van der Waals surface area (Å²) in [5, 5.41) is 14.6. The minimum atomic E-state index is -0.271. The average molecular weight is 545 g/mol. The minimum Gasteiger partial charge on any atom is -0.395 e. The molecule has 1 aromatic carbocycles. The van der Waals surface area contributed by atoms with E-state index >= 15 is 0 Å². The van der Waals surface area contributed by atoms with Gasteiger partial charge in [-0.25, -0.2) is 4.98 Å². The molecule has 0 radical (unpaired) electrons. The summed E-state index contributed by atoms with van der Waals surface area (Å²) in [5.74, 6) is -0.209. The second-order valence-electron chi connectivity index (χ2n) is 9.00. The lowest BCUT2D eigenvalue weighted by atomic mass is 9.82. The maximum Gasteiger partial charge on any atom is 0.259 e. The monoisotopic (exact) mass is 543 g/mol. The molecule has 2 N–H and O–H groups in total. The summed E-state index contributed by atoms with van der Waals surface area (Å²) in [7, 11) is 0. The van der Waals surface area contributed by atoms with E-state index in [1.54, 1.807) is 6.20 Å². The lowest BCUT2D eigenvalue weighted by Gasteiger charge is -2.34. The second-order valence-corrected chi connectivity index (χ2v) is 10.8. The average Bonchev–Trinajstić information content (AvgIpc) is 3.31. The van der Waals surface area contributed by atoms with E-state index in [0.717, 1.165) is 60.7 Å². The topological polar surface area (TPSA) is 81.6 Å². The maximum absolute atomic E-state index is 12.8. The number of aromatic nitrogens is 2. The molecule has 0 bridgehead atoms. The molecule has 4 rings (SSSR count). The third-order valence-electron chi connectivity index (χ3n) is 6.28. The van der Waals surface area contributed by atoms with Gasteiger partial charge in [0.1, 0.15) is 0 Å². The molecule has 2 aromatic heterocycles. The molecule has 0 saturated carbocycles. The smallest absolute Gasteiger partial charge is 0.259 e. The Bertz CT molecular complexity index is 1090. The van der Waals surface area contributed by atoms with Gasteiger partial charge in [0.25, 0.3) is 5.91 Å². The minimum absolute atomic E-state index is 0.205. The van der Waals surface area contributed by atoms with Gasteiger partial charge in [-0.3, -0.25) is 24.9 Å². The molecule has 34 heavy (non-hydrogen) atoms. The van der Waals surface area contributed by atoms with E-state index in [1.165, 1.54) is 11.3 Å². The molecular weight excluding hydrogens is 514 g/mol. The standard InChI is InChI=1S/C25H30BrN5O2S/c1-25(2,19-4-6-20(26)7-5-19)22-17-34-24(28-22)29-23(33)18-3-8-21(27-15-18)16-31-11-9-30(10-12-31)13-14-32/h3-8,15,17,32H,9-14,16H2,1-2H3,(H,28,29,33). The van der Waals surface area contributed by atoms with Crippen LogP contribution in [-0.2, 0) is 12.0 Å². The number of pyridine rings is 1. The van der Waals surface area contributed by atoms with E-state index in [1.807, 2.05) is 29.6 Å². The fourth-order valence-corrected chi connectivity index (χ4v) is 5.13. The molecule has 7 nitrogen and oxygen atoms in total. The second kappa shape index (κ2) is 11.0. The zero-order valence-corrected chi connectivity index (χ0v) is 21.9. The van der Waals surface area contributed by atoms with Gasteiger partial charge in [0, 0.05) is 60.7 Å². The van der Waals surface area contributed by atoms with Crippen LogP contribution in [0.3, 0.4) is 0 Å². The van der Waals surface area contributed by atoms with Crippen LogP contribution in [0.2, 0.25) is 0 Å². The van der Waals surface area contributed by atoms with Crippen LogP contribution in [0.25, 0.3) is 0 Å². The Morgan fingerprint density at radius 3 is 2.47 bits per heavy atom. The molecule has 0 unspecified atom stereocenters. The molecular formula is C25H30BrN5O2S. The number of benzene rings is 1. The first-order valence-electron chi connectivity index (χ1n) is 11.4. The highest BCUT2D eigenvalue weighted by atomic mass is 79.9. The third kappa shape index (κ3) is 6.09. The van der Waals surface area contributed by atoms with Gasteiger partial charge in [-0.2, -0.15) is 0 Å². The summed E-state index contributed by atoms with van der Waals surface area (Å²) in [6.07, 6.45) is 1.63. The van der Waals surface area contributed by atoms with Gasteiger partial charge in [0.15, 0.2) is 5.13 Å². The fourth-order valence-electron chi connectivity index (χ4n) is 4.00. The van der Waals surface area contributed by atoms with Crippen molar-refractivity contribution in [2.75, 3.05) is 44.6 Å². The van der Waals surface area contributed by atoms with Gasteiger partial charge in [0.2, 0.25) is 0 Å². The summed E-state index contributed by atoms with van der Waals surface area (Å²) >= 11 is 4.91. The number of hydrogen-bond acceptors (Lipinski definition) is 7. The molecule has 3 heterocycles. The van der Waals surface area contributed by atoms with E-state index in [0.29, 0.717) is 10.7 Å². The van der Waals surface area contributed by atoms with Crippen molar-refractivity contribution < 1.29 is 9.90 Å². The van der Waals surface area contributed by atoms with Crippen LogP contribution in [-0.4, -0.2) is 70.1 Å². The van der Waals surface area contributed by atoms with Crippen LogP contribution >= 0.6 is 27.3 Å². The number of halogens is 1. The zero-order chi connectivity index (χ0) is 24.1. The van der Waals surface area contributed by atoms with E-state index < -0.39 is 0 Å². The van der Waals surface area contributed by atoms with Gasteiger partial charge < -0.3 is 5.11 Å². The highest BCUT2D eigenvalue weighted by molar-refractivity contribution is 9.10. The maximum atomic E-state index is 12.8. The van der Waals surface area contributed by atoms with Crippen LogP contribution in [0.15, 0.2) is 52.4 Å². The summed E-state index contributed by atoms with van der Waals surface area (Å²) in [4.78, 5) is 26.6. The van der Waals surface area contributed by atoms with Crippen LogP contribution in [0.1, 0.15) is 41.2 Å². The number of hydrogen-bond donors (Lipinski definition) is 2. The molecule has 1 saturated heterocycles. The van der Waals surface area contributed by atoms with E-state index in [9.17, 15) is 4.79 Å². The van der Waals surface area contributed by atoms with Crippen LogP contribution in [0, 0.1) is 0 Å². The first-order valence-corrected chi connectivity index (χ1v) is 13.1. The molecule has 3 aromatic rings. The number of nitrogens with one attached hydrogen (secondary N) is 1. The van der Waals surface area contributed by atoms with Crippen LogP contribution in [0.5, 0.6) is 0 Å². The molecule has 1 amide bonds. The Balaban J connectivity index is 1.34. The number of thiazole rings is 1. The molecule has 9 heteroatoms. The molecule has 1 aliphatic heterocycles. The number of carbonyl (C=O) groups is 1. The third-order valence-corrected chi connectivity index (χ3v) is 7.57. The van der Waals surface area contributed by atoms with Crippen molar-refractivity contribution >= 4 is 38.3 Å². The zero-order valence-electron chi connectivity index (χ0n) is 19.5. The largest absolute Gasteiger partial charge is 0.395 e. The molecule has 0 spiro atoms. The predicted octanol–water partition coefficient (Wildman–Crippen LogP) is 3.99. The molecule has 180 valence electrons. The van der Waals surface area contributed by atoms with Gasteiger partial charge in [-0.05, 0) is 29.8 Å². The van der Waals surface area contributed by atoms with Crippen molar-refractivity contribution in [2.24, 2.45) is 0 Å². The number of aliphatic hydroxyl groups is 1. The SMILES string of the molecule is CC(C)(c1ccc(Br)cc1)c1csc(NC(=O)c2ccc(CN3CCN(CCO)CC3)nc2)n1. The van der Waals surface area contributed by atoms with Crippen molar-refractivity contribution in [3.63, 3.8) is 0 Å². The summed E-state index contributed by atoms with van der Waals surface area (Å²) < 4.78 is 1.04. The number of piperazine rings is 1. The van der Waals surface area contributed by atoms with Gasteiger partial charge in [0.05, 0.1) is 23.6 Å². The Morgan fingerprint density at radius 1 is 1.12 bits per heavy atom. The summed E-state index contributed by atoms with van der Waals surface area (Å²) in [5.41, 5.74) is 3.27. The van der Waals surface area contributed by atoms with E-state index in [2.05, 4.69) is 67.0 Å². The molecule has 0 atom stereocenters. The number of nitrogens with zero attached hydrogens (tertiary/aromatic N) is 4. The summed E-state index contributed by atoms with van der Waals surface area (Å²) in [6.45, 7) is 9.77. The first-order chi connectivity index (χ1) is 16.3. The van der Waals surface area contributed by atoms with Crippen molar-refractivity contribution in [3.05, 3.63) is 75.0 Å². The van der Waals surface area contributed by atoms with E-state index in [4.69, 9.17) is 5.11 Å². The highest BCUT2D eigenvalue weighted by Crippen LogP contribution is 2.34. The highest BCUT2D eigenvalue weighted by Gasteiger charge is 2.26. The number of amides is 1. The lowest BCUT2D eigenvalue weighted by Crippen LogP contribution is -2.46.